The first-order valence-corrected chi connectivity index (χ1v) is 7.36. The van der Waals surface area contributed by atoms with E-state index < -0.39 is 0 Å². The van der Waals surface area contributed by atoms with E-state index in [0.29, 0.717) is 19.0 Å². The number of amides is 2. The SMILES string of the molecule is CCc1cccc(NC(=O)[C@@H]2CC(=O)N(C3CC3)C2)c1. The second-order valence-corrected chi connectivity index (χ2v) is 5.72. The largest absolute Gasteiger partial charge is 0.339 e. The van der Waals surface area contributed by atoms with Crippen molar-refractivity contribution < 1.29 is 9.59 Å². The number of rotatable bonds is 4. The molecule has 20 heavy (non-hydrogen) atoms. The summed E-state index contributed by atoms with van der Waals surface area (Å²) < 4.78 is 0. The van der Waals surface area contributed by atoms with Crippen LogP contribution in [0.3, 0.4) is 0 Å². The van der Waals surface area contributed by atoms with Gasteiger partial charge in [0.05, 0.1) is 5.92 Å². The smallest absolute Gasteiger partial charge is 0.229 e. The Hall–Kier alpha value is -1.84. The van der Waals surface area contributed by atoms with Crippen LogP contribution >= 0.6 is 0 Å². The van der Waals surface area contributed by atoms with Crippen molar-refractivity contribution in [2.24, 2.45) is 5.92 Å². The summed E-state index contributed by atoms with van der Waals surface area (Å²) in [4.78, 5) is 26.0. The van der Waals surface area contributed by atoms with Crippen LogP contribution in [0, 0.1) is 5.92 Å². The Kier molecular flexibility index (Phi) is 3.47. The summed E-state index contributed by atoms with van der Waals surface area (Å²) in [6.45, 7) is 2.67. The summed E-state index contributed by atoms with van der Waals surface area (Å²) in [5, 5.41) is 2.94. The van der Waals surface area contributed by atoms with Crippen molar-refractivity contribution in [3.05, 3.63) is 29.8 Å². The lowest BCUT2D eigenvalue weighted by atomic mass is 10.1. The Labute approximate surface area is 119 Å². The van der Waals surface area contributed by atoms with Crippen molar-refractivity contribution in [2.45, 2.75) is 38.6 Å². The van der Waals surface area contributed by atoms with Crippen molar-refractivity contribution >= 4 is 17.5 Å². The van der Waals surface area contributed by atoms with Crippen molar-refractivity contribution in [3.63, 3.8) is 0 Å². The molecule has 0 bridgehead atoms. The van der Waals surface area contributed by atoms with Gasteiger partial charge in [-0.25, -0.2) is 0 Å². The highest BCUT2D eigenvalue weighted by molar-refractivity contribution is 5.97. The zero-order valence-electron chi connectivity index (χ0n) is 11.8. The third kappa shape index (κ3) is 2.69. The molecule has 0 unspecified atom stereocenters. The molecule has 1 aromatic carbocycles. The molecule has 1 aliphatic heterocycles. The van der Waals surface area contributed by atoms with Gasteiger partial charge >= 0.3 is 0 Å². The molecule has 4 heteroatoms. The fourth-order valence-corrected chi connectivity index (χ4v) is 2.76. The molecule has 2 amide bonds. The molecule has 0 radical (unpaired) electrons. The lowest BCUT2D eigenvalue weighted by molar-refractivity contribution is -0.128. The van der Waals surface area contributed by atoms with Crippen molar-refractivity contribution in [2.75, 3.05) is 11.9 Å². The molecule has 0 aromatic heterocycles. The Morgan fingerprint density at radius 3 is 2.90 bits per heavy atom. The van der Waals surface area contributed by atoms with Gasteiger partial charge in [-0.1, -0.05) is 19.1 Å². The number of benzene rings is 1. The zero-order valence-corrected chi connectivity index (χ0v) is 11.8. The highest BCUT2D eigenvalue weighted by Crippen LogP contribution is 2.32. The summed E-state index contributed by atoms with van der Waals surface area (Å²) in [5.74, 6) is -0.0990. The summed E-state index contributed by atoms with van der Waals surface area (Å²) in [6.07, 6.45) is 3.49. The van der Waals surface area contributed by atoms with Crippen LogP contribution in [0.4, 0.5) is 5.69 Å². The summed E-state index contributed by atoms with van der Waals surface area (Å²) in [7, 11) is 0. The van der Waals surface area contributed by atoms with E-state index in [0.717, 1.165) is 24.9 Å². The number of hydrogen-bond donors (Lipinski definition) is 1. The summed E-state index contributed by atoms with van der Waals surface area (Å²) in [5.41, 5.74) is 2.02. The maximum atomic E-state index is 12.3. The van der Waals surface area contributed by atoms with Crippen LogP contribution in [0.2, 0.25) is 0 Å². The molecular weight excluding hydrogens is 252 g/mol. The molecule has 1 aliphatic carbocycles. The number of nitrogens with one attached hydrogen (secondary N) is 1. The Morgan fingerprint density at radius 2 is 2.20 bits per heavy atom. The standard InChI is InChI=1S/C16H20N2O2/c1-2-11-4-3-5-13(8-11)17-16(20)12-9-15(19)18(10-12)14-6-7-14/h3-5,8,12,14H,2,6-7,9-10H2,1H3,(H,17,20)/t12-/m1/s1. The van der Waals surface area contributed by atoms with Crippen LogP contribution in [0.5, 0.6) is 0 Å². The maximum Gasteiger partial charge on any atom is 0.229 e. The second kappa shape index (κ2) is 5.27. The molecule has 1 N–H and O–H groups in total. The monoisotopic (exact) mass is 272 g/mol. The van der Waals surface area contributed by atoms with Crippen LogP contribution in [0.15, 0.2) is 24.3 Å². The van der Waals surface area contributed by atoms with E-state index in [1.165, 1.54) is 5.56 Å². The van der Waals surface area contributed by atoms with Gasteiger partial charge in [0.25, 0.3) is 0 Å². The number of nitrogens with zero attached hydrogens (tertiary/aromatic N) is 1. The predicted molar refractivity (Wildman–Crippen MR) is 77.3 cm³/mol. The average Bonchev–Trinajstić information content (AvgIpc) is 3.21. The van der Waals surface area contributed by atoms with Crippen LogP contribution in [-0.4, -0.2) is 29.3 Å². The third-order valence-electron chi connectivity index (χ3n) is 4.12. The van der Waals surface area contributed by atoms with E-state index in [9.17, 15) is 9.59 Å². The molecule has 4 nitrogen and oxygen atoms in total. The maximum absolute atomic E-state index is 12.3. The van der Waals surface area contributed by atoms with Crippen LogP contribution in [0.1, 0.15) is 31.7 Å². The highest BCUT2D eigenvalue weighted by Gasteiger charge is 2.41. The van der Waals surface area contributed by atoms with Crippen molar-refractivity contribution in [1.29, 1.82) is 0 Å². The Morgan fingerprint density at radius 1 is 1.40 bits per heavy atom. The third-order valence-corrected chi connectivity index (χ3v) is 4.12. The Bertz CT molecular complexity index is 537. The van der Waals surface area contributed by atoms with Gasteiger partial charge in [0.1, 0.15) is 0 Å². The molecule has 1 saturated heterocycles. The minimum absolute atomic E-state index is 0.0326. The van der Waals surface area contributed by atoms with Gasteiger partial charge in [-0.05, 0) is 37.0 Å². The molecule has 1 heterocycles. The highest BCUT2D eigenvalue weighted by atomic mass is 16.2. The van der Waals surface area contributed by atoms with Gasteiger partial charge in [0, 0.05) is 24.7 Å². The topological polar surface area (TPSA) is 49.4 Å². The fourth-order valence-electron chi connectivity index (χ4n) is 2.76. The fraction of sp³-hybridized carbons (Fsp3) is 0.500. The molecule has 1 aromatic rings. The van der Waals surface area contributed by atoms with E-state index >= 15 is 0 Å². The Balaban J connectivity index is 1.63. The van der Waals surface area contributed by atoms with E-state index in [2.05, 4.69) is 12.2 Å². The lowest BCUT2D eigenvalue weighted by Gasteiger charge is -2.15. The first kappa shape index (κ1) is 13.2. The minimum atomic E-state index is -0.201. The first-order chi connectivity index (χ1) is 9.67. The number of carbonyl (C=O) groups excluding carboxylic acids is 2. The van der Waals surface area contributed by atoms with E-state index in [1.54, 1.807) is 0 Å². The van der Waals surface area contributed by atoms with Crippen LogP contribution in [0.25, 0.3) is 0 Å². The lowest BCUT2D eigenvalue weighted by Crippen LogP contribution is -2.29. The molecule has 1 saturated carbocycles. The molecule has 2 fully saturated rings. The van der Waals surface area contributed by atoms with Gasteiger partial charge < -0.3 is 10.2 Å². The van der Waals surface area contributed by atoms with E-state index in [1.807, 2.05) is 29.2 Å². The number of hydrogen-bond acceptors (Lipinski definition) is 2. The second-order valence-electron chi connectivity index (χ2n) is 5.72. The molecule has 1 atom stereocenters. The van der Waals surface area contributed by atoms with E-state index in [-0.39, 0.29) is 17.7 Å². The number of aryl methyl sites for hydroxylation is 1. The molecule has 3 rings (SSSR count). The van der Waals surface area contributed by atoms with Gasteiger partial charge in [-0.3, -0.25) is 9.59 Å². The van der Waals surface area contributed by atoms with Crippen LogP contribution in [-0.2, 0) is 16.0 Å². The predicted octanol–water partition coefficient (Wildman–Crippen LogP) is 2.20. The quantitative estimate of drug-likeness (QED) is 0.913. The number of anilines is 1. The number of likely N-dealkylation sites (tertiary alicyclic amines) is 1. The average molecular weight is 272 g/mol. The number of carbonyl (C=O) groups is 2. The van der Waals surface area contributed by atoms with Gasteiger partial charge in [0.2, 0.25) is 11.8 Å². The van der Waals surface area contributed by atoms with Gasteiger partial charge in [-0.2, -0.15) is 0 Å². The summed E-state index contributed by atoms with van der Waals surface area (Å²) in [6, 6.07) is 8.29. The molecule has 2 aliphatic rings. The van der Waals surface area contributed by atoms with Crippen LogP contribution < -0.4 is 5.32 Å². The van der Waals surface area contributed by atoms with E-state index in [4.69, 9.17) is 0 Å². The molecular formula is C16H20N2O2. The van der Waals surface area contributed by atoms with Gasteiger partial charge in [0.15, 0.2) is 0 Å². The molecule has 0 spiro atoms. The molecule has 106 valence electrons. The van der Waals surface area contributed by atoms with Crippen molar-refractivity contribution in [1.82, 2.24) is 4.90 Å². The minimum Gasteiger partial charge on any atom is -0.339 e. The van der Waals surface area contributed by atoms with Crippen molar-refractivity contribution in [3.8, 4) is 0 Å². The normalized spacial score (nSPS) is 22.1. The summed E-state index contributed by atoms with van der Waals surface area (Å²) >= 11 is 0. The first-order valence-electron chi connectivity index (χ1n) is 7.36. The van der Waals surface area contributed by atoms with Gasteiger partial charge in [-0.15, -0.1) is 0 Å². The zero-order chi connectivity index (χ0) is 14.1.